The van der Waals surface area contributed by atoms with Gasteiger partial charge in [0.25, 0.3) is 0 Å². The van der Waals surface area contributed by atoms with Gasteiger partial charge in [-0.2, -0.15) is 0 Å². The minimum absolute atomic E-state index is 0.573. The van der Waals surface area contributed by atoms with Gasteiger partial charge in [-0.1, -0.05) is 18.7 Å². The molecule has 0 rings (SSSR count). The zero-order chi connectivity index (χ0) is 9.23. The normalized spacial score (nSPS) is 9.83. The minimum Gasteiger partial charge on any atom is -0.476 e. The van der Waals surface area contributed by atoms with Crippen LogP contribution in [0.2, 0.25) is 0 Å². The Morgan fingerprint density at radius 1 is 1.33 bits per heavy atom. The van der Waals surface area contributed by atoms with E-state index >= 15 is 0 Å². The van der Waals surface area contributed by atoms with Gasteiger partial charge in [0, 0.05) is 12.4 Å². The van der Waals surface area contributed by atoms with Crippen molar-refractivity contribution in [2.75, 3.05) is 25.6 Å². The van der Waals surface area contributed by atoms with E-state index in [2.05, 4.69) is 6.92 Å². The molecule has 0 aliphatic rings. The molecule has 0 radical (unpaired) electrons. The smallest absolute Gasteiger partial charge is 0.220 e. The van der Waals surface area contributed by atoms with E-state index in [1.165, 1.54) is 0 Å². The predicted octanol–water partition coefficient (Wildman–Crippen LogP) is 2.47. The van der Waals surface area contributed by atoms with Crippen LogP contribution < -0.4 is 0 Å². The molecule has 0 aliphatic carbocycles. The topological polar surface area (TPSA) is 18.5 Å². The Labute approximate surface area is 84.0 Å². The highest BCUT2D eigenvalue weighted by molar-refractivity contribution is 8.22. The maximum Gasteiger partial charge on any atom is 0.220 e. The molecule has 0 fully saturated rings. The fourth-order valence-corrected chi connectivity index (χ4v) is 1.43. The molecule has 0 saturated heterocycles. The van der Waals surface area contributed by atoms with E-state index in [9.17, 15) is 0 Å². The molecule has 12 heavy (non-hydrogen) atoms. The summed E-state index contributed by atoms with van der Waals surface area (Å²) in [5.41, 5.74) is 0. The van der Waals surface area contributed by atoms with Gasteiger partial charge in [-0.25, -0.2) is 0 Å². The van der Waals surface area contributed by atoms with Crippen LogP contribution in [0, 0.1) is 0 Å². The zero-order valence-corrected chi connectivity index (χ0v) is 9.30. The molecule has 0 bridgehead atoms. The third-order valence-electron chi connectivity index (χ3n) is 1.08. The highest BCUT2D eigenvalue weighted by Crippen LogP contribution is 2.06. The average Bonchev–Trinajstić information content (AvgIpc) is 2.09. The molecule has 0 unspecified atom stereocenters. The van der Waals surface area contributed by atoms with Gasteiger partial charge in [0.1, 0.15) is 6.61 Å². The average molecular weight is 208 g/mol. The first-order valence-corrected chi connectivity index (χ1v) is 5.58. The van der Waals surface area contributed by atoms with Crippen molar-refractivity contribution in [1.29, 1.82) is 0 Å². The van der Waals surface area contributed by atoms with E-state index in [-0.39, 0.29) is 0 Å². The summed E-state index contributed by atoms with van der Waals surface area (Å²) in [4.78, 5) is 0. The van der Waals surface area contributed by atoms with Gasteiger partial charge in [0.2, 0.25) is 4.38 Å². The quantitative estimate of drug-likeness (QED) is 0.493. The molecule has 0 N–H and O–H groups in total. The molecule has 0 aromatic rings. The number of thioether (sulfide) groups is 1. The SMILES string of the molecule is CCCSC(=S)OCCOCC. The van der Waals surface area contributed by atoms with Crippen LogP contribution in [0.1, 0.15) is 20.3 Å². The van der Waals surface area contributed by atoms with Gasteiger partial charge in [-0.05, 0) is 25.6 Å². The maximum absolute atomic E-state index is 5.22. The number of hydrogen-bond donors (Lipinski definition) is 0. The lowest BCUT2D eigenvalue weighted by molar-refractivity contribution is 0.109. The van der Waals surface area contributed by atoms with Gasteiger partial charge >= 0.3 is 0 Å². The summed E-state index contributed by atoms with van der Waals surface area (Å²) < 4.78 is 10.9. The van der Waals surface area contributed by atoms with Crippen LogP contribution in [-0.4, -0.2) is 30.0 Å². The van der Waals surface area contributed by atoms with E-state index in [4.69, 9.17) is 21.7 Å². The Bertz CT molecular complexity index is 118. The summed E-state index contributed by atoms with van der Waals surface area (Å²) >= 11 is 6.54. The van der Waals surface area contributed by atoms with Gasteiger partial charge in [0.15, 0.2) is 0 Å². The Balaban J connectivity index is 3.08. The molecule has 2 nitrogen and oxygen atoms in total. The summed E-state index contributed by atoms with van der Waals surface area (Å²) in [6.45, 7) is 6.02. The van der Waals surface area contributed by atoms with Crippen molar-refractivity contribution in [1.82, 2.24) is 0 Å². The second kappa shape index (κ2) is 9.29. The molecule has 0 amide bonds. The van der Waals surface area contributed by atoms with Crippen LogP contribution in [0.15, 0.2) is 0 Å². The summed E-state index contributed by atoms with van der Waals surface area (Å²) in [6.07, 6.45) is 1.12. The van der Waals surface area contributed by atoms with Crippen LogP contribution >= 0.6 is 24.0 Å². The molecular weight excluding hydrogens is 192 g/mol. The van der Waals surface area contributed by atoms with Crippen molar-refractivity contribution in [3.8, 4) is 0 Å². The number of rotatable bonds is 6. The first-order valence-electron chi connectivity index (χ1n) is 4.18. The molecule has 0 aliphatic heterocycles. The minimum atomic E-state index is 0.573. The lowest BCUT2D eigenvalue weighted by Gasteiger charge is -2.05. The molecule has 0 spiro atoms. The van der Waals surface area contributed by atoms with Crippen molar-refractivity contribution >= 4 is 28.4 Å². The van der Waals surface area contributed by atoms with Gasteiger partial charge in [0.05, 0.1) is 6.61 Å². The van der Waals surface area contributed by atoms with Crippen LogP contribution in [0.25, 0.3) is 0 Å². The highest BCUT2D eigenvalue weighted by Gasteiger charge is 1.96. The zero-order valence-electron chi connectivity index (χ0n) is 7.67. The molecular formula is C8H16O2S2. The van der Waals surface area contributed by atoms with Crippen LogP contribution in [0.4, 0.5) is 0 Å². The Hall–Kier alpha value is 0.200. The molecule has 0 atom stereocenters. The summed E-state index contributed by atoms with van der Waals surface area (Å²) in [5.74, 6) is 1.04. The molecule has 4 heteroatoms. The first-order chi connectivity index (χ1) is 5.81. The summed E-state index contributed by atoms with van der Waals surface area (Å²) in [6, 6.07) is 0. The fourth-order valence-electron chi connectivity index (χ4n) is 0.555. The largest absolute Gasteiger partial charge is 0.476 e. The van der Waals surface area contributed by atoms with Crippen LogP contribution in [0.5, 0.6) is 0 Å². The van der Waals surface area contributed by atoms with E-state index in [1.807, 2.05) is 6.92 Å². The van der Waals surface area contributed by atoms with Crippen LogP contribution in [0.3, 0.4) is 0 Å². The Morgan fingerprint density at radius 3 is 2.67 bits per heavy atom. The van der Waals surface area contributed by atoms with Crippen molar-refractivity contribution in [3.05, 3.63) is 0 Å². The van der Waals surface area contributed by atoms with Crippen molar-refractivity contribution < 1.29 is 9.47 Å². The molecule has 0 aromatic carbocycles. The molecule has 0 saturated carbocycles. The number of ether oxygens (including phenoxy) is 2. The third kappa shape index (κ3) is 8.30. The van der Waals surface area contributed by atoms with E-state index in [1.54, 1.807) is 11.8 Å². The van der Waals surface area contributed by atoms with Gasteiger partial charge < -0.3 is 9.47 Å². The number of thiocarbonyl (C=S) groups is 1. The molecule has 0 heterocycles. The molecule has 72 valence electrons. The second-order valence-corrected chi connectivity index (χ2v) is 3.84. The lowest BCUT2D eigenvalue weighted by Crippen LogP contribution is -2.06. The maximum atomic E-state index is 5.22. The van der Waals surface area contributed by atoms with Gasteiger partial charge in [-0.15, -0.1) is 0 Å². The lowest BCUT2D eigenvalue weighted by atomic mass is 10.6. The number of hydrogen-bond acceptors (Lipinski definition) is 4. The Kier molecular flexibility index (Phi) is 9.44. The van der Waals surface area contributed by atoms with Gasteiger partial charge in [-0.3, -0.25) is 0 Å². The molecule has 0 aromatic heterocycles. The van der Waals surface area contributed by atoms with E-state index in [0.717, 1.165) is 18.8 Å². The standard InChI is InChI=1S/C8H16O2S2/c1-3-7-12-8(11)10-6-5-9-4-2/h3-7H2,1-2H3. The van der Waals surface area contributed by atoms with Crippen molar-refractivity contribution in [2.45, 2.75) is 20.3 Å². The predicted molar refractivity (Wildman–Crippen MR) is 57.8 cm³/mol. The monoisotopic (exact) mass is 208 g/mol. The highest BCUT2D eigenvalue weighted by atomic mass is 32.2. The summed E-state index contributed by atoms with van der Waals surface area (Å²) in [7, 11) is 0. The van der Waals surface area contributed by atoms with E-state index < -0.39 is 0 Å². The first kappa shape index (κ1) is 12.2. The van der Waals surface area contributed by atoms with Crippen molar-refractivity contribution in [3.63, 3.8) is 0 Å². The third-order valence-corrected chi connectivity index (χ3v) is 2.51. The Morgan fingerprint density at radius 2 is 2.08 bits per heavy atom. The summed E-state index contributed by atoms with van der Waals surface area (Å²) in [5, 5.41) is 0. The van der Waals surface area contributed by atoms with E-state index in [0.29, 0.717) is 17.6 Å². The van der Waals surface area contributed by atoms with Crippen LogP contribution in [-0.2, 0) is 9.47 Å². The van der Waals surface area contributed by atoms with Crippen molar-refractivity contribution in [2.24, 2.45) is 0 Å². The fraction of sp³-hybridized carbons (Fsp3) is 0.875. The second-order valence-electron chi connectivity index (χ2n) is 2.14.